The minimum atomic E-state index is 0.536. The van der Waals surface area contributed by atoms with Gasteiger partial charge in [-0.2, -0.15) is 0 Å². The van der Waals surface area contributed by atoms with Crippen molar-refractivity contribution < 1.29 is 0 Å². The van der Waals surface area contributed by atoms with E-state index in [1.165, 1.54) is 0 Å². The number of rotatable bonds is 0. The molecule has 0 amide bonds. The van der Waals surface area contributed by atoms with Crippen molar-refractivity contribution in [2.75, 3.05) is 0 Å². The molecule has 0 aromatic heterocycles. The molecule has 1 N–H and O–H groups in total. The third kappa shape index (κ3) is 0.885. The average molecular weight is 146 g/mol. The first-order valence-corrected chi connectivity index (χ1v) is 3.57. The summed E-state index contributed by atoms with van der Waals surface area (Å²) < 4.78 is 3.08. The SMILES string of the molecule is C1=CN[Se]C=C1. The quantitative estimate of drug-likeness (QED) is 0.482. The Labute approximate surface area is 43.5 Å². The third-order valence-electron chi connectivity index (χ3n) is 0.490. The van der Waals surface area contributed by atoms with Gasteiger partial charge < -0.3 is 0 Å². The van der Waals surface area contributed by atoms with E-state index in [9.17, 15) is 0 Å². The van der Waals surface area contributed by atoms with Crippen LogP contribution in [0.3, 0.4) is 0 Å². The van der Waals surface area contributed by atoms with Crippen molar-refractivity contribution in [2.24, 2.45) is 0 Å². The molecular formula is C4H5NSe. The molecule has 0 aromatic carbocycles. The molecule has 0 fully saturated rings. The van der Waals surface area contributed by atoms with Gasteiger partial charge >= 0.3 is 42.8 Å². The molecule has 0 atom stereocenters. The van der Waals surface area contributed by atoms with E-state index in [2.05, 4.69) is 15.4 Å². The molecule has 1 nitrogen and oxygen atoms in total. The van der Waals surface area contributed by atoms with E-state index in [1.807, 2.05) is 12.3 Å². The van der Waals surface area contributed by atoms with Crippen molar-refractivity contribution in [3.8, 4) is 0 Å². The first-order chi connectivity index (χ1) is 3.00. The molecule has 0 saturated heterocycles. The molecule has 0 aliphatic carbocycles. The van der Waals surface area contributed by atoms with Crippen molar-refractivity contribution in [3.05, 3.63) is 23.3 Å². The monoisotopic (exact) mass is 147 g/mol. The van der Waals surface area contributed by atoms with Crippen molar-refractivity contribution in [1.82, 2.24) is 4.33 Å². The topological polar surface area (TPSA) is 12.0 Å². The molecule has 0 aromatic rings. The van der Waals surface area contributed by atoms with E-state index >= 15 is 0 Å². The van der Waals surface area contributed by atoms with Gasteiger partial charge in [0.05, 0.1) is 0 Å². The molecule has 32 valence electrons. The summed E-state index contributed by atoms with van der Waals surface area (Å²) in [5.74, 6) is 0. The van der Waals surface area contributed by atoms with Gasteiger partial charge in [0.1, 0.15) is 0 Å². The summed E-state index contributed by atoms with van der Waals surface area (Å²) in [7, 11) is 0. The van der Waals surface area contributed by atoms with E-state index in [1.54, 1.807) is 0 Å². The van der Waals surface area contributed by atoms with Crippen molar-refractivity contribution in [1.29, 1.82) is 0 Å². The molecule has 0 bridgehead atoms. The van der Waals surface area contributed by atoms with Gasteiger partial charge in [0, 0.05) is 0 Å². The number of nitrogens with one attached hydrogen (secondary N) is 1. The molecule has 6 heavy (non-hydrogen) atoms. The van der Waals surface area contributed by atoms with Crippen molar-refractivity contribution in [3.63, 3.8) is 0 Å². The summed E-state index contributed by atoms with van der Waals surface area (Å²) in [6.45, 7) is 0. The van der Waals surface area contributed by atoms with Crippen LogP contribution < -0.4 is 4.33 Å². The summed E-state index contributed by atoms with van der Waals surface area (Å²) in [6.07, 6.45) is 6.00. The van der Waals surface area contributed by atoms with Crippen LogP contribution >= 0.6 is 0 Å². The van der Waals surface area contributed by atoms with Crippen LogP contribution in [0.25, 0.3) is 0 Å². The van der Waals surface area contributed by atoms with Crippen LogP contribution in [-0.4, -0.2) is 15.2 Å². The zero-order chi connectivity index (χ0) is 4.24. The Balaban J connectivity index is 2.46. The van der Waals surface area contributed by atoms with Crippen molar-refractivity contribution in [2.45, 2.75) is 0 Å². The maximum atomic E-state index is 3.08. The Bertz CT molecular complexity index is 73.5. The predicted molar refractivity (Wildman–Crippen MR) is 27.2 cm³/mol. The van der Waals surface area contributed by atoms with E-state index in [0.717, 1.165) is 0 Å². The third-order valence-corrected chi connectivity index (χ3v) is 1.68. The van der Waals surface area contributed by atoms with Crippen molar-refractivity contribution >= 4 is 15.2 Å². The molecule has 1 aliphatic heterocycles. The van der Waals surface area contributed by atoms with Gasteiger partial charge in [-0.05, 0) is 0 Å². The summed E-state index contributed by atoms with van der Waals surface area (Å²) >= 11 is 0.536. The van der Waals surface area contributed by atoms with Gasteiger partial charge in [-0.25, -0.2) is 0 Å². The van der Waals surface area contributed by atoms with E-state index < -0.39 is 0 Å². The maximum absolute atomic E-state index is 3.08. The molecule has 2 heteroatoms. The second-order valence-corrected chi connectivity index (χ2v) is 2.48. The van der Waals surface area contributed by atoms with E-state index in [4.69, 9.17) is 0 Å². The molecule has 1 aliphatic rings. The van der Waals surface area contributed by atoms with Crippen LogP contribution in [0.15, 0.2) is 23.3 Å². The van der Waals surface area contributed by atoms with Crippen LogP contribution in [0.4, 0.5) is 0 Å². The average Bonchev–Trinajstić information content (AvgIpc) is 1.72. The van der Waals surface area contributed by atoms with Gasteiger partial charge in [-0.15, -0.1) is 0 Å². The molecule has 0 unspecified atom stereocenters. The Morgan fingerprint density at radius 1 is 1.33 bits per heavy atom. The summed E-state index contributed by atoms with van der Waals surface area (Å²) in [5.41, 5.74) is 0. The molecule has 1 rings (SSSR count). The van der Waals surface area contributed by atoms with Crippen LogP contribution in [0.2, 0.25) is 0 Å². The van der Waals surface area contributed by atoms with Gasteiger partial charge in [0.2, 0.25) is 0 Å². The fourth-order valence-electron chi connectivity index (χ4n) is 0.258. The second kappa shape index (κ2) is 2.06. The first-order valence-electron chi connectivity index (χ1n) is 1.73. The molecule has 1 heterocycles. The Hall–Kier alpha value is -0.201. The van der Waals surface area contributed by atoms with E-state index in [-0.39, 0.29) is 0 Å². The number of allylic oxidation sites excluding steroid dienone is 2. The number of hydrogen-bond acceptors (Lipinski definition) is 1. The zero-order valence-corrected chi connectivity index (χ0v) is 4.93. The van der Waals surface area contributed by atoms with Gasteiger partial charge in [0.15, 0.2) is 0 Å². The van der Waals surface area contributed by atoms with Gasteiger partial charge in [-0.3, -0.25) is 0 Å². The number of hydrogen-bond donors (Lipinski definition) is 1. The molecule has 0 radical (unpaired) electrons. The summed E-state index contributed by atoms with van der Waals surface area (Å²) in [4.78, 5) is 2.13. The van der Waals surface area contributed by atoms with Crippen LogP contribution in [0, 0.1) is 0 Å². The Kier molecular flexibility index (Phi) is 1.36. The molecule has 0 spiro atoms. The fourth-order valence-corrected chi connectivity index (χ4v) is 1.11. The van der Waals surface area contributed by atoms with Crippen LogP contribution in [-0.2, 0) is 0 Å². The first kappa shape index (κ1) is 3.97. The van der Waals surface area contributed by atoms with E-state index in [0.29, 0.717) is 15.2 Å². The second-order valence-electron chi connectivity index (χ2n) is 0.923. The predicted octanol–water partition coefficient (Wildman–Crippen LogP) is 0.236. The summed E-state index contributed by atoms with van der Waals surface area (Å²) in [6, 6.07) is 0. The molecular weight excluding hydrogens is 141 g/mol. The van der Waals surface area contributed by atoms with Gasteiger partial charge in [0.25, 0.3) is 0 Å². The standard InChI is InChI=1S/C4H5NSe/c1-2-4-6-5-3-1/h1-5H. The fraction of sp³-hybridized carbons (Fsp3) is 0. The zero-order valence-electron chi connectivity index (χ0n) is 3.22. The Morgan fingerprint density at radius 3 is 2.50 bits per heavy atom. The molecule has 0 saturated carbocycles. The minimum absolute atomic E-state index is 0.536. The summed E-state index contributed by atoms with van der Waals surface area (Å²) in [5, 5.41) is 0. The van der Waals surface area contributed by atoms with Crippen LogP contribution in [0.1, 0.15) is 0 Å². The van der Waals surface area contributed by atoms with Crippen LogP contribution in [0.5, 0.6) is 0 Å². The Morgan fingerprint density at radius 2 is 2.33 bits per heavy atom. The normalized spacial score (nSPS) is 17.3. The van der Waals surface area contributed by atoms with Gasteiger partial charge in [-0.1, -0.05) is 0 Å².